The normalized spacial score (nSPS) is 37.3. The molecule has 23 heavy (non-hydrogen) atoms. The van der Waals surface area contributed by atoms with E-state index in [1.54, 1.807) is 0 Å². The van der Waals surface area contributed by atoms with Crippen LogP contribution in [0.25, 0.3) is 0 Å². The number of hydrogen-bond acceptors (Lipinski definition) is 9. The predicted octanol–water partition coefficient (Wildman–Crippen LogP) is -1.19. The molecule has 11 heteroatoms. The highest BCUT2D eigenvalue weighted by Crippen LogP contribution is 2.51. The van der Waals surface area contributed by atoms with Gasteiger partial charge in [-0.25, -0.2) is 0 Å². The minimum atomic E-state index is -2.92. The first-order valence-electron chi connectivity index (χ1n) is 6.49. The van der Waals surface area contributed by atoms with E-state index in [-0.39, 0.29) is 17.9 Å². The van der Waals surface area contributed by atoms with Crippen LogP contribution in [0.15, 0.2) is 24.3 Å². The van der Waals surface area contributed by atoms with E-state index in [9.17, 15) is 29.1 Å². The van der Waals surface area contributed by atoms with Gasteiger partial charge in [0.25, 0.3) is 5.09 Å². The average Bonchev–Trinajstić information content (AvgIpc) is 2.98. The molecule has 1 aromatic rings. The van der Waals surface area contributed by atoms with Crippen LogP contribution in [0.1, 0.15) is 5.56 Å². The van der Waals surface area contributed by atoms with E-state index in [0.717, 1.165) is 0 Å². The number of fused-ring (bicyclic) bond motifs is 1. The van der Waals surface area contributed by atoms with E-state index < -0.39 is 45.5 Å². The van der Waals surface area contributed by atoms with Crippen LogP contribution < -0.4 is 4.84 Å². The molecule has 126 valence electrons. The molecule has 0 bridgehead atoms. The van der Waals surface area contributed by atoms with Gasteiger partial charge in [-0.3, -0.25) is 9.05 Å². The largest absolute Gasteiger partial charge is 0.770 e. The molecule has 3 rings (SSSR count). The molecular formula is C12H12NO9S-. The van der Waals surface area contributed by atoms with Crippen molar-refractivity contribution in [1.29, 1.82) is 0 Å². The minimum Gasteiger partial charge on any atom is -0.770 e. The number of rotatable bonds is 4. The summed E-state index contributed by atoms with van der Waals surface area (Å²) in [6, 6.07) is 4.95. The standard InChI is InChI=1S/C12H13NO9S/c14-9-5-21-12(23(18)19)10(9)20-6-11(12,15)7-1-3-8(4-2-7)22-13(16)17/h1-4,9-10,14-15H,5-6H2,(H,18,19)/p-1/t9-,10-,11+,12-/m1/s1. The topological polar surface area (TPSA) is 151 Å². The summed E-state index contributed by atoms with van der Waals surface area (Å²) in [6.07, 6.45) is -2.43. The van der Waals surface area contributed by atoms with Gasteiger partial charge in [0.05, 0.1) is 13.2 Å². The Morgan fingerprint density at radius 2 is 2.04 bits per heavy atom. The zero-order valence-electron chi connectivity index (χ0n) is 11.5. The lowest BCUT2D eigenvalue weighted by Gasteiger charge is -2.40. The molecule has 2 aliphatic heterocycles. The average molecular weight is 346 g/mol. The molecule has 0 radical (unpaired) electrons. The maximum atomic E-state index is 11.8. The SMILES string of the molecule is O=[N+]([O-])Oc1ccc([C@@]2(O)CO[C@@H]3[C@H](O)CO[C@@]32S(=O)[O-])cc1. The van der Waals surface area contributed by atoms with Gasteiger partial charge in [-0.05, 0) is 28.8 Å². The van der Waals surface area contributed by atoms with Crippen molar-refractivity contribution >= 4 is 11.1 Å². The Kier molecular flexibility index (Phi) is 3.86. The molecule has 2 fully saturated rings. The summed E-state index contributed by atoms with van der Waals surface area (Å²) in [5.41, 5.74) is -1.97. The van der Waals surface area contributed by atoms with E-state index in [2.05, 4.69) is 4.84 Å². The predicted molar refractivity (Wildman–Crippen MR) is 71.3 cm³/mol. The Labute approximate surface area is 132 Å². The van der Waals surface area contributed by atoms with Gasteiger partial charge >= 0.3 is 0 Å². The first-order chi connectivity index (χ1) is 10.8. The van der Waals surface area contributed by atoms with Crippen LogP contribution in [0.5, 0.6) is 5.75 Å². The van der Waals surface area contributed by atoms with Gasteiger partial charge in [0.15, 0.2) is 10.5 Å². The van der Waals surface area contributed by atoms with E-state index in [4.69, 9.17) is 9.47 Å². The summed E-state index contributed by atoms with van der Waals surface area (Å²) >= 11 is -2.92. The van der Waals surface area contributed by atoms with E-state index >= 15 is 0 Å². The van der Waals surface area contributed by atoms with Crippen molar-refractivity contribution < 1.29 is 38.4 Å². The van der Waals surface area contributed by atoms with Gasteiger partial charge in [-0.15, -0.1) is 10.1 Å². The fourth-order valence-corrected chi connectivity index (χ4v) is 3.99. The Morgan fingerprint density at radius 3 is 2.61 bits per heavy atom. The molecule has 5 atom stereocenters. The van der Waals surface area contributed by atoms with Gasteiger partial charge < -0.3 is 24.2 Å². The number of aliphatic hydroxyl groups excluding tert-OH is 1. The van der Waals surface area contributed by atoms with Gasteiger partial charge in [-0.1, -0.05) is 12.1 Å². The van der Waals surface area contributed by atoms with Crippen LogP contribution in [0, 0.1) is 10.1 Å². The second kappa shape index (κ2) is 5.47. The second-order valence-corrected chi connectivity index (χ2v) is 6.29. The molecule has 10 nitrogen and oxygen atoms in total. The van der Waals surface area contributed by atoms with Crippen LogP contribution in [-0.2, 0) is 26.2 Å². The number of benzene rings is 1. The van der Waals surface area contributed by atoms with Crippen molar-refractivity contribution in [3.05, 3.63) is 39.9 Å². The molecule has 2 heterocycles. The van der Waals surface area contributed by atoms with Gasteiger partial charge in [0, 0.05) is 0 Å². The highest BCUT2D eigenvalue weighted by molar-refractivity contribution is 7.80. The zero-order valence-corrected chi connectivity index (χ0v) is 12.3. The molecule has 0 spiro atoms. The molecule has 1 unspecified atom stereocenters. The van der Waals surface area contributed by atoms with E-state index in [0.29, 0.717) is 0 Å². The van der Waals surface area contributed by atoms with Crippen LogP contribution in [0.2, 0.25) is 0 Å². The van der Waals surface area contributed by atoms with Crippen LogP contribution in [-0.4, -0.2) is 54.4 Å². The highest BCUT2D eigenvalue weighted by Gasteiger charge is 2.69. The lowest BCUT2D eigenvalue weighted by atomic mass is 9.87. The monoisotopic (exact) mass is 346 g/mol. The van der Waals surface area contributed by atoms with Crippen LogP contribution >= 0.6 is 0 Å². The molecule has 0 aliphatic carbocycles. The summed E-state index contributed by atoms with van der Waals surface area (Å²) < 4.78 is 34.0. The summed E-state index contributed by atoms with van der Waals surface area (Å²) in [7, 11) is 0. The van der Waals surface area contributed by atoms with Gasteiger partial charge in [0.1, 0.15) is 18.0 Å². The van der Waals surface area contributed by atoms with E-state index in [1.807, 2.05) is 0 Å². The molecule has 2 aliphatic rings. The molecule has 1 aromatic carbocycles. The summed E-state index contributed by atoms with van der Waals surface area (Å²) in [5, 5.41) is 30.0. The third-order valence-electron chi connectivity index (χ3n) is 4.00. The minimum absolute atomic E-state index is 0.0949. The fraction of sp³-hybridized carbons (Fsp3) is 0.500. The molecule has 0 aromatic heterocycles. The van der Waals surface area contributed by atoms with Gasteiger partial charge in [0.2, 0.25) is 0 Å². The van der Waals surface area contributed by atoms with Crippen molar-refractivity contribution in [3.63, 3.8) is 0 Å². The van der Waals surface area contributed by atoms with Crippen molar-refractivity contribution in [3.8, 4) is 5.75 Å². The first kappa shape index (κ1) is 16.2. The number of hydrogen-bond donors (Lipinski definition) is 2. The Bertz CT molecular complexity index is 652. The van der Waals surface area contributed by atoms with Crippen molar-refractivity contribution in [2.75, 3.05) is 13.2 Å². The summed E-state index contributed by atoms with van der Waals surface area (Å²) in [4.78, 5) is 12.4. The molecular weight excluding hydrogens is 334 g/mol. The quantitative estimate of drug-likeness (QED) is 0.389. The Balaban J connectivity index is 2.00. The second-order valence-electron chi connectivity index (χ2n) is 5.21. The number of aliphatic hydroxyl groups is 2. The first-order valence-corrected chi connectivity index (χ1v) is 7.57. The third-order valence-corrected chi connectivity index (χ3v) is 5.18. The van der Waals surface area contributed by atoms with Crippen molar-refractivity contribution in [2.24, 2.45) is 0 Å². The maximum absolute atomic E-state index is 11.8. The van der Waals surface area contributed by atoms with Crippen LogP contribution in [0.4, 0.5) is 0 Å². The molecule has 2 saturated heterocycles. The maximum Gasteiger partial charge on any atom is 0.299 e. The van der Waals surface area contributed by atoms with Crippen molar-refractivity contribution in [2.45, 2.75) is 22.7 Å². The third kappa shape index (κ3) is 2.24. The Hall–Kier alpha value is -1.63. The number of nitrogens with zero attached hydrogens (tertiary/aromatic N) is 1. The summed E-state index contributed by atoms with van der Waals surface area (Å²) in [6.45, 7) is -0.721. The van der Waals surface area contributed by atoms with Gasteiger partial charge in [-0.2, -0.15) is 0 Å². The van der Waals surface area contributed by atoms with Crippen molar-refractivity contribution in [1.82, 2.24) is 0 Å². The smallest absolute Gasteiger partial charge is 0.299 e. The van der Waals surface area contributed by atoms with Crippen LogP contribution in [0.3, 0.4) is 0 Å². The van der Waals surface area contributed by atoms with E-state index in [1.165, 1.54) is 24.3 Å². The highest BCUT2D eigenvalue weighted by atomic mass is 32.2. The summed E-state index contributed by atoms with van der Waals surface area (Å²) in [5.74, 6) is -0.0949. The Morgan fingerprint density at radius 1 is 1.39 bits per heavy atom. The zero-order chi connectivity index (χ0) is 16.8. The fourth-order valence-electron chi connectivity index (χ4n) is 2.96. The number of ether oxygens (including phenoxy) is 2. The lowest BCUT2D eigenvalue weighted by Crippen LogP contribution is -2.57. The molecule has 0 saturated carbocycles. The molecule has 2 N–H and O–H groups in total. The molecule has 0 amide bonds. The lowest BCUT2D eigenvalue weighted by molar-refractivity contribution is -0.711.